The number of rotatable bonds is 6. The minimum absolute atomic E-state index is 0.115. The summed E-state index contributed by atoms with van der Waals surface area (Å²) in [4.78, 5) is 33.9. The van der Waals surface area contributed by atoms with E-state index >= 15 is 0 Å². The van der Waals surface area contributed by atoms with Gasteiger partial charge in [0.1, 0.15) is 5.82 Å². The smallest absolute Gasteiger partial charge is 0.267 e. The minimum Gasteiger partial charge on any atom is -0.364 e. The van der Waals surface area contributed by atoms with E-state index in [4.69, 9.17) is 5.21 Å². The molecule has 1 aliphatic rings. The molecule has 0 aliphatic carbocycles. The molecule has 8 nitrogen and oxygen atoms in total. The zero-order chi connectivity index (χ0) is 19.8. The van der Waals surface area contributed by atoms with Crippen LogP contribution in [0, 0.1) is 0 Å². The van der Waals surface area contributed by atoms with Crippen molar-refractivity contribution in [3.8, 4) is 0 Å². The van der Waals surface area contributed by atoms with Crippen LogP contribution >= 0.6 is 0 Å². The summed E-state index contributed by atoms with van der Waals surface area (Å²) in [6.45, 7) is 1.40. The second-order valence-electron chi connectivity index (χ2n) is 6.62. The standard InChI is InChI=1S/C20H23N5O3/c26-19(24-28)9-8-16-12-22-18(13-21-16)23-17-7-4-10-25(14-17)20(27)11-15-5-2-1-3-6-15/h1-3,5-6,8-9,12-13,17,28H,4,7,10-11,14H2,(H,22,23)(H,24,26)/b9-8+. The summed E-state index contributed by atoms with van der Waals surface area (Å²) in [6, 6.07) is 9.87. The topological polar surface area (TPSA) is 107 Å². The van der Waals surface area contributed by atoms with Gasteiger partial charge in [0.25, 0.3) is 5.91 Å². The Morgan fingerprint density at radius 1 is 1.21 bits per heavy atom. The van der Waals surface area contributed by atoms with Crippen molar-refractivity contribution in [3.05, 3.63) is 60.1 Å². The highest BCUT2D eigenvalue weighted by atomic mass is 16.5. The summed E-state index contributed by atoms with van der Waals surface area (Å²) in [6.07, 6.45) is 8.03. The quantitative estimate of drug-likeness (QED) is 0.399. The Kier molecular flexibility index (Phi) is 6.69. The molecule has 146 valence electrons. The number of hydrogen-bond acceptors (Lipinski definition) is 6. The third-order valence-corrected chi connectivity index (χ3v) is 4.51. The van der Waals surface area contributed by atoms with Gasteiger partial charge in [0.15, 0.2) is 0 Å². The van der Waals surface area contributed by atoms with Gasteiger partial charge in [0.05, 0.1) is 24.5 Å². The number of hydrogen-bond donors (Lipinski definition) is 3. The lowest BCUT2D eigenvalue weighted by atomic mass is 10.0. The van der Waals surface area contributed by atoms with Crippen LogP contribution in [-0.4, -0.2) is 51.0 Å². The van der Waals surface area contributed by atoms with Crippen LogP contribution in [0.25, 0.3) is 6.08 Å². The van der Waals surface area contributed by atoms with Gasteiger partial charge >= 0.3 is 0 Å². The van der Waals surface area contributed by atoms with Crippen LogP contribution in [0.2, 0.25) is 0 Å². The molecule has 8 heteroatoms. The maximum absolute atomic E-state index is 12.6. The fourth-order valence-electron chi connectivity index (χ4n) is 3.11. The Morgan fingerprint density at radius 3 is 2.75 bits per heavy atom. The van der Waals surface area contributed by atoms with E-state index in [1.54, 1.807) is 6.20 Å². The maximum atomic E-state index is 12.6. The molecule has 1 aromatic carbocycles. The van der Waals surface area contributed by atoms with E-state index in [0.717, 1.165) is 31.0 Å². The van der Waals surface area contributed by atoms with Crippen LogP contribution in [-0.2, 0) is 16.0 Å². The zero-order valence-electron chi connectivity index (χ0n) is 15.4. The van der Waals surface area contributed by atoms with Gasteiger partial charge in [-0.15, -0.1) is 0 Å². The lowest BCUT2D eigenvalue weighted by Gasteiger charge is -2.33. The number of amides is 2. The Labute approximate surface area is 163 Å². The van der Waals surface area contributed by atoms with E-state index in [1.807, 2.05) is 35.2 Å². The van der Waals surface area contributed by atoms with E-state index in [-0.39, 0.29) is 11.9 Å². The molecule has 1 unspecified atom stereocenters. The molecule has 1 atom stereocenters. The predicted molar refractivity (Wildman–Crippen MR) is 104 cm³/mol. The number of carbonyl (C=O) groups is 2. The predicted octanol–water partition coefficient (Wildman–Crippen LogP) is 1.64. The third-order valence-electron chi connectivity index (χ3n) is 4.51. The molecule has 0 saturated carbocycles. The summed E-state index contributed by atoms with van der Waals surface area (Å²) >= 11 is 0. The second kappa shape index (κ2) is 9.61. The number of likely N-dealkylation sites (tertiary alicyclic amines) is 1. The number of nitrogens with zero attached hydrogens (tertiary/aromatic N) is 3. The molecule has 0 spiro atoms. The molecule has 0 radical (unpaired) electrons. The monoisotopic (exact) mass is 381 g/mol. The number of aromatic nitrogens is 2. The molecule has 1 fully saturated rings. The summed E-state index contributed by atoms with van der Waals surface area (Å²) < 4.78 is 0. The van der Waals surface area contributed by atoms with Gasteiger partial charge in [-0.2, -0.15) is 0 Å². The lowest BCUT2D eigenvalue weighted by Crippen LogP contribution is -2.45. The summed E-state index contributed by atoms with van der Waals surface area (Å²) in [5.74, 6) is 0.115. The first-order valence-electron chi connectivity index (χ1n) is 9.16. The van der Waals surface area contributed by atoms with Crippen LogP contribution in [0.1, 0.15) is 24.1 Å². The van der Waals surface area contributed by atoms with Crippen molar-refractivity contribution < 1.29 is 14.8 Å². The van der Waals surface area contributed by atoms with Gasteiger partial charge in [0.2, 0.25) is 5.91 Å². The Morgan fingerprint density at radius 2 is 2.04 bits per heavy atom. The van der Waals surface area contributed by atoms with E-state index in [2.05, 4.69) is 15.3 Å². The Hall–Kier alpha value is -3.26. The zero-order valence-corrected chi connectivity index (χ0v) is 15.4. The summed E-state index contributed by atoms with van der Waals surface area (Å²) in [5, 5.41) is 11.8. The summed E-state index contributed by atoms with van der Waals surface area (Å²) in [5.41, 5.74) is 3.03. The van der Waals surface area contributed by atoms with Gasteiger partial charge in [-0.05, 0) is 24.5 Å². The van der Waals surface area contributed by atoms with Crippen molar-refractivity contribution in [2.75, 3.05) is 18.4 Å². The number of anilines is 1. The first kappa shape index (κ1) is 19.5. The first-order chi connectivity index (χ1) is 13.6. The number of benzene rings is 1. The Bertz CT molecular complexity index is 823. The molecule has 2 heterocycles. The molecule has 2 aromatic rings. The average Bonchev–Trinajstić information content (AvgIpc) is 2.74. The molecule has 28 heavy (non-hydrogen) atoms. The molecule has 1 saturated heterocycles. The van der Waals surface area contributed by atoms with Crippen LogP contribution < -0.4 is 10.8 Å². The molecule has 1 aromatic heterocycles. The Balaban J connectivity index is 1.53. The van der Waals surface area contributed by atoms with Crippen molar-refractivity contribution in [1.29, 1.82) is 0 Å². The molecular weight excluding hydrogens is 358 g/mol. The fraction of sp³-hybridized carbons (Fsp3) is 0.300. The van der Waals surface area contributed by atoms with Gasteiger partial charge in [0, 0.05) is 25.2 Å². The minimum atomic E-state index is -0.633. The molecule has 1 aliphatic heterocycles. The maximum Gasteiger partial charge on any atom is 0.267 e. The van der Waals surface area contributed by atoms with Crippen LogP contribution in [0.3, 0.4) is 0 Å². The van der Waals surface area contributed by atoms with Gasteiger partial charge in [-0.1, -0.05) is 30.3 Å². The van der Waals surface area contributed by atoms with E-state index in [9.17, 15) is 9.59 Å². The highest BCUT2D eigenvalue weighted by Crippen LogP contribution is 2.16. The normalized spacial score (nSPS) is 16.8. The average molecular weight is 381 g/mol. The van der Waals surface area contributed by atoms with Crippen molar-refractivity contribution in [3.63, 3.8) is 0 Å². The van der Waals surface area contributed by atoms with Gasteiger partial charge in [-0.25, -0.2) is 10.5 Å². The van der Waals surface area contributed by atoms with Crippen molar-refractivity contribution in [1.82, 2.24) is 20.3 Å². The molecule has 3 rings (SSSR count). The third kappa shape index (κ3) is 5.62. The van der Waals surface area contributed by atoms with Gasteiger partial charge < -0.3 is 10.2 Å². The van der Waals surface area contributed by atoms with Crippen molar-refractivity contribution in [2.45, 2.75) is 25.3 Å². The van der Waals surface area contributed by atoms with E-state index < -0.39 is 5.91 Å². The molecular formula is C20H23N5O3. The fourth-order valence-corrected chi connectivity index (χ4v) is 3.11. The molecule has 3 N–H and O–H groups in total. The van der Waals surface area contributed by atoms with Crippen molar-refractivity contribution in [2.24, 2.45) is 0 Å². The highest BCUT2D eigenvalue weighted by Gasteiger charge is 2.23. The largest absolute Gasteiger partial charge is 0.364 e. The SMILES string of the molecule is O=C(/C=C/c1cnc(NC2CCCN(C(=O)Cc3ccccc3)C2)cn1)NO. The number of nitrogens with one attached hydrogen (secondary N) is 2. The van der Waals surface area contributed by atoms with E-state index in [1.165, 1.54) is 17.8 Å². The second-order valence-corrected chi connectivity index (χ2v) is 6.62. The van der Waals surface area contributed by atoms with Gasteiger partial charge in [-0.3, -0.25) is 19.8 Å². The van der Waals surface area contributed by atoms with Crippen LogP contribution in [0.5, 0.6) is 0 Å². The molecule has 0 bridgehead atoms. The van der Waals surface area contributed by atoms with Crippen LogP contribution in [0.15, 0.2) is 48.8 Å². The summed E-state index contributed by atoms with van der Waals surface area (Å²) in [7, 11) is 0. The molecule has 2 amide bonds. The number of piperidine rings is 1. The number of carbonyl (C=O) groups excluding carboxylic acids is 2. The van der Waals surface area contributed by atoms with E-state index in [0.29, 0.717) is 24.5 Å². The van der Waals surface area contributed by atoms with Crippen molar-refractivity contribution >= 4 is 23.7 Å². The number of hydroxylamine groups is 1. The first-order valence-corrected chi connectivity index (χ1v) is 9.16. The van der Waals surface area contributed by atoms with Crippen LogP contribution in [0.4, 0.5) is 5.82 Å². The lowest BCUT2D eigenvalue weighted by molar-refractivity contribution is -0.131. The highest BCUT2D eigenvalue weighted by molar-refractivity contribution is 5.90.